The number of rotatable bonds is 2. The largest absolute Gasteiger partial charge is 0.381 e. The van der Waals surface area contributed by atoms with Crippen molar-refractivity contribution in [2.75, 3.05) is 42.8 Å². The van der Waals surface area contributed by atoms with E-state index >= 15 is 0 Å². The van der Waals surface area contributed by atoms with Crippen molar-refractivity contribution < 1.29 is 4.74 Å². The molecule has 0 radical (unpaired) electrons. The Morgan fingerprint density at radius 2 is 2.22 bits per heavy atom. The molecule has 0 aromatic carbocycles. The molecule has 0 aromatic heterocycles. The zero-order chi connectivity index (χ0) is 12.3. The van der Waals surface area contributed by atoms with Gasteiger partial charge in [-0.3, -0.25) is 4.99 Å². The summed E-state index contributed by atoms with van der Waals surface area (Å²) in [6, 6.07) is 0. The molecule has 3 nitrogen and oxygen atoms in total. The summed E-state index contributed by atoms with van der Waals surface area (Å²) < 4.78 is 5.45. The Morgan fingerprint density at radius 1 is 1.33 bits per heavy atom. The standard InChI is InChI=1S/C12H20N2OS3/c1-3-15-4-2-12(1)9-18-11(14-12)13-7-10-8-16-5-6-17-10/h10H,1-9H2,(H,13,14). The van der Waals surface area contributed by atoms with Gasteiger partial charge in [-0.1, -0.05) is 11.8 Å². The first-order chi connectivity index (χ1) is 8.86. The molecule has 3 saturated heterocycles. The summed E-state index contributed by atoms with van der Waals surface area (Å²) in [6.07, 6.45) is 2.26. The molecule has 0 saturated carbocycles. The maximum Gasteiger partial charge on any atom is 0.157 e. The molecule has 3 aliphatic heterocycles. The fraction of sp³-hybridized carbons (Fsp3) is 0.917. The Morgan fingerprint density at radius 3 is 3.00 bits per heavy atom. The number of aliphatic imine (C=N–C) groups is 1. The van der Waals surface area contributed by atoms with Crippen LogP contribution in [0.15, 0.2) is 4.99 Å². The van der Waals surface area contributed by atoms with Crippen LogP contribution in [0.5, 0.6) is 0 Å². The van der Waals surface area contributed by atoms with E-state index in [0.717, 1.165) is 37.9 Å². The summed E-state index contributed by atoms with van der Waals surface area (Å²) >= 11 is 6.07. The van der Waals surface area contributed by atoms with Crippen LogP contribution in [0.1, 0.15) is 12.8 Å². The first kappa shape index (κ1) is 13.5. The van der Waals surface area contributed by atoms with E-state index in [4.69, 9.17) is 9.73 Å². The van der Waals surface area contributed by atoms with Crippen molar-refractivity contribution in [2.45, 2.75) is 23.6 Å². The van der Waals surface area contributed by atoms with Crippen LogP contribution < -0.4 is 5.32 Å². The fourth-order valence-corrected chi connectivity index (χ4v) is 6.26. The average Bonchev–Trinajstić information content (AvgIpc) is 2.82. The molecule has 0 amide bonds. The quantitative estimate of drug-likeness (QED) is 0.845. The molecular weight excluding hydrogens is 284 g/mol. The number of amidine groups is 1. The third-order valence-electron chi connectivity index (χ3n) is 3.63. The summed E-state index contributed by atoms with van der Waals surface area (Å²) in [6.45, 7) is 2.78. The molecule has 3 fully saturated rings. The monoisotopic (exact) mass is 304 g/mol. The van der Waals surface area contributed by atoms with Crippen LogP contribution in [-0.4, -0.2) is 58.7 Å². The molecule has 1 N–H and O–H groups in total. The lowest BCUT2D eigenvalue weighted by atomic mass is 9.93. The Kier molecular flexibility index (Phi) is 4.70. The smallest absolute Gasteiger partial charge is 0.157 e. The minimum Gasteiger partial charge on any atom is -0.381 e. The lowest BCUT2D eigenvalue weighted by Gasteiger charge is -2.32. The van der Waals surface area contributed by atoms with E-state index in [2.05, 4.69) is 28.8 Å². The van der Waals surface area contributed by atoms with Crippen LogP contribution in [0.3, 0.4) is 0 Å². The van der Waals surface area contributed by atoms with Crippen LogP contribution in [0.25, 0.3) is 0 Å². The second-order valence-electron chi connectivity index (χ2n) is 5.02. The SMILES string of the molecule is C1CC2(CCO1)CSC(=NCC1CSCCS1)N2. The van der Waals surface area contributed by atoms with Gasteiger partial charge in [0.05, 0.1) is 12.1 Å². The lowest BCUT2D eigenvalue weighted by Crippen LogP contribution is -2.48. The lowest BCUT2D eigenvalue weighted by molar-refractivity contribution is 0.0555. The number of thioether (sulfide) groups is 3. The Balaban J connectivity index is 1.51. The van der Waals surface area contributed by atoms with E-state index in [9.17, 15) is 0 Å². The minimum absolute atomic E-state index is 0.288. The van der Waals surface area contributed by atoms with E-state index in [1.807, 2.05) is 11.8 Å². The minimum atomic E-state index is 0.288. The van der Waals surface area contributed by atoms with Crippen LogP contribution in [0.4, 0.5) is 0 Å². The van der Waals surface area contributed by atoms with Crippen molar-refractivity contribution in [3.8, 4) is 0 Å². The first-order valence-electron chi connectivity index (χ1n) is 6.59. The van der Waals surface area contributed by atoms with Gasteiger partial charge in [-0.25, -0.2) is 0 Å². The van der Waals surface area contributed by atoms with E-state index in [-0.39, 0.29) is 5.54 Å². The van der Waals surface area contributed by atoms with Gasteiger partial charge < -0.3 is 10.1 Å². The molecule has 6 heteroatoms. The molecule has 1 spiro atoms. The highest BCUT2D eigenvalue weighted by Gasteiger charge is 2.38. The van der Waals surface area contributed by atoms with Gasteiger partial charge in [0.2, 0.25) is 0 Å². The number of ether oxygens (including phenoxy) is 1. The number of nitrogens with one attached hydrogen (secondary N) is 1. The molecule has 0 aromatic rings. The van der Waals surface area contributed by atoms with Gasteiger partial charge in [0, 0.05) is 41.5 Å². The highest BCUT2D eigenvalue weighted by molar-refractivity contribution is 8.14. The second-order valence-corrected chi connectivity index (χ2v) is 8.54. The number of nitrogens with zero attached hydrogens (tertiary/aromatic N) is 1. The molecule has 0 bridgehead atoms. The predicted molar refractivity (Wildman–Crippen MR) is 84.3 cm³/mol. The number of hydrogen-bond acceptors (Lipinski definition) is 5. The van der Waals surface area contributed by atoms with E-state index in [0.29, 0.717) is 0 Å². The Bertz CT molecular complexity index is 312. The van der Waals surface area contributed by atoms with E-state index in [1.165, 1.54) is 28.2 Å². The average molecular weight is 305 g/mol. The summed E-state index contributed by atoms with van der Waals surface area (Å²) in [5.74, 6) is 5.04. The van der Waals surface area contributed by atoms with Crippen LogP contribution in [0, 0.1) is 0 Å². The fourth-order valence-electron chi connectivity index (χ4n) is 2.45. The van der Waals surface area contributed by atoms with E-state index in [1.54, 1.807) is 0 Å². The van der Waals surface area contributed by atoms with Gasteiger partial charge in [-0.2, -0.15) is 23.5 Å². The van der Waals surface area contributed by atoms with Crippen molar-refractivity contribution >= 4 is 40.5 Å². The zero-order valence-corrected chi connectivity index (χ0v) is 13.0. The summed E-state index contributed by atoms with van der Waals surface area (Å²) in [7, 11) is 0. The normalized spacial score (nSPS) is 33.8. The van der Waals surface area contributed by atoms with Gasteiger partial charge in [0.15, 0.2) is 5.17 Å². The molecule has 0 aliphatic carbocycles. The Hall–Kier alpha value is 0.480. The number of hydrogen-bond donors (Lipinski definition) is 1. The molecule has 102 valence electrons. The zero-order valence-electron chi connectivity index (χ0n) is 10.5. The van der Waals surface area contributed by atoms with Crippen LogP contribution in [-0.2, 0) is 4.74 Å². The molecular formula is C12H20N2OS3. The summed E-state index contributed by atoms with van der Waals surface area (Å²) in [5, 5.41) is 5.56. The van der Waals surface area contributed by atoms with Crippen molar-refractivity contribution in [1.82, 2.24) is 5.32 Å². The maximum atomic E-state index is 5.45. The molecule has 3 aliphatic rings. The van der Waals surface area contributed by atoms with Gasteiger partial charge in [0.25, 0.3) is 0 Å². The second kappa shape index (κ2) is 6.29. The third-order valence-corrected chi connectivity index (χ3v) is 7.66. The van der Waals surface area contributed by atoms with Gasteiger partial charge >= 0.3 is 0 Å². The van der Waals surface area contributed by atoms with Gasteiger partial charge in [-0.15, -0.1) is 0 Å². The van der Waals surface area contributed by atoms with Gasteiger partial charge in [0.1, 0.15) is 0 Å². The maximum absolute atomic E-state index is 5.45. The summed E-state index contributed by atoms with van der Waals surface area (Å²) in [5.41, 5.74) is 0.288. The molecule has 3 heterocycles. The highest BCUT2D eigenvalue weighted by atomic mass is 32.2. The van der Waals surface area contributed by atoms with Crippen molar-refractivity contribution in [3.63, 3.8) is 0 Å². The van der Waals surface area contributed by atoms with Crippen molar-refractivity contribution in [2.24, 2.45) is 4.99 Å². The molecule has 18 heavy (non-hydrogen) atoms. The molecule has 3 rings (SSSR count). The van der Waals surface area contributed by atoms with Crippen LogP contribution in [0.2, 0.25) is 0 Å². The topological polar surface area (TPSA) is 33.6 Å². The third kappa shape index (κ3) is 3.32. The van der Waals surface area contributed by atoms with E-state index < -0.39 is 0 Å². The van der Waals surface area contributed by atoms with Gasteiger partial charge in [-0.05, 0) is 12.8 Å². The predicted octanol–water partition coefficient (Wildman–Crippen LogP) is 2.08. The highest BCUT2D eigenvalue weighted by Crippen LogP contribution is 2.32. The van der Waals surface area contributed by atoms with Crippen LogP contribution >= 0.6 is 35.3 Å². The van der Waals surface area contributed by atoms with Crippen molar-refractivity contribution in [1.29, 1.82) is 0 Å². The Labute approximate surface area is 122 Å². The molecule has 1 atom stereocenters. The first-order valence-corrected chi connectivity index (χ1v) is 9.78. The van der Waals surface area contributed by atoms with Crippen molar-refractivity contribution in [3.05, 3.63) is 0 Å². The summed E-state index contributed by atoms with van der Waals surface area (Å²) in [4.78, 5) is 4.79. The molecule has 1 unspecified atom stereocenters.